The molecule has 0 spiro atoms. The SMILES string of the molecule is CCC(C)C(NC(=O)CC1CCOCC1)C(=O)O. The second-order valence-electron chi connectivity index (χ2n) is 5.03. The number of ether oxygens (including phenoxy) is 1. The van der Waals surface area contributed by atoms with Crippen molar-refractivity contribution in [2.75, 3.05) is 13.2 Å². The molecule has 5 nitrogen and oxygen atoms in total. The summed E-state index contributed by atoms with van der Waals surface area (Å²) in [6, 6.07) is -0.776. The standard InChI is InChI=1S/C13H23NO4/c1-3-9(2)12(13(16)17)14-11(15)8-10-4-6-18-7-5-10/h9-10,12H,3-8H2,1-2H3,(H,14,15)(H,16,17). The van der Waals surface area contributed by atoms with Gasteiger partial charge < -0.3 is 15.2 Å². The Balaban J connectivity index is 2.42. The maximum Gasteiger partial charge on any atom is 0.326 e. The topological polar surface area (TPSA) is 75.6 Å². The number of carboxylic acids is 1. The van der Waals surface area contributed by atoms with Gasteiger partial charge in [0, 0.05) is 19.6 Å². The Morgan fingerprint density at radius 2 is 2.00 bits per heavy atom. The number of amides is 1. The Hall–Kier alpha value is -1.10. The van der Waals surface area contributed by atoms with Crippen LogP contribution < -0.4 is 5.32 Å². The van der Waals surface area contributed by atoms with E-state index in [2.05, 4.69) is 5.32 Å². The van der Waals surface area contributed by atoms with Gasteiger partial charge in [0.05, 0.1) is 0 Å². The number of carbonyl (C=O) groups excluding carboxylic acids is 1. The average molecular weight is 257 g/mol. The summed E-state index contributed by atoms with van der Waals surface area (Å²) in [5.74, 6) is -0.842. The van der Waals surface area contributed by atoms with Gasteiger partial charge in [0.1, 0.15) is 6.04 Å². The molecule has 1 aliphatic heterocycles. The monoisotopic (exact) mass is 257 g/mol. The number of aliphatic carboxylic acids is 1. The smallest absolute Gasteiger partial charge is 0.326 e. The molecular weight excluding hydrogens is 234 g/mol. The molecule has 0 radical (unpaired) electrons. The van der Waals surface area contributed by atoms with Crippen LogP contribution in [0, 0.1) is 11.8 Å². The third kappa shape index (κ3) is 4.64. The van der Waals surface area contributed by atoms with E-state index in [1.165, 1.54) is 0 Å². The maximum atomic E-state index is 11.8. The highest BCUT2D eigenvalue weighted by Crippen LogP contribution is 2.18. The van der Waals surface area contributed by atoms with E-state index in [1.807, 2.05) is 13.8 Å². The number of hydrogen-bond donors (Lipinski definition) is 2. The first-order valence-corrected chi connectivity index (χ1v) is 6.64. The lowest BCUT2D eigenvalue weighted by Crippen LogP contribution is -2.45. The molecule has 1 saturated heterocycles. The zero-order valence-electron chi connectivity index (χ0n) is 11.1. The van der Waals surface area contributed by atoms with E-state index in [0.717, 1.165) is 19.3 Å². The molecule has 5 heteroatoms. The predicted octanol–water partition coefficient (Wildman–Crippen LogP) is 1.42. The van der Waals surface area contributed by atoms with E-state index in [4.69, 9.17) is 9.84 Å². The van der Waals surface area contributed by atoms with Crippen LogP contribution in [0.25, 0.3) is 0 Å². The number of hydrogen-bond acceptors (Lipinski definition) is 3. The van der Waals surface area contributed by atoms with E-state index in [-0.39, 0.29) is 11.8 Å². The fraction of sp³-hybridized carbons (Fsp3) is 0.846. The van der Waals surface area contributed by atoms with Crippen LogP contribution in [0.3, 0.4) is 0 Å². The molecule has 0 aromatic rings. The maximum absolute atomic E-state index is 11.8. The van der Waals surface area contributed by atoms with Crippen molar-refractivity contribution in [1.29, 1.82) is 0 Å². The minimum Gasteiger partial charge on any atom is -0.480 e. The van der Waals surface area contributed by atoms with Crippen LogP contribution in [-0.2, 0) is 14.3 Å². The molecule has 0 bridgehead atoms. The Morgan fingerprint density at radius 3 is 2.50 bits per heavy atom. The zero-order chi connectivity index (χ0) is 13.5. The van der Waals surface area contributed by atoms with Crippen LogP contribution in [-0.4, -0.2) is 36.2 Å². The van der Waals surface area contributed by atoms with Crippen molar-refractivity contribution in [2.45, 2.75) is 45.6 Å². The van der Waals surface area contributed by atoms with Crippen molar-refractivity contribution in [3.63, 3.8) is 0 Å². The highest BCUT2D eigenvalue weighted by atomic mass is 16.5. The summed E-state index contributed by atoms with van der Waals surface area (Å²) in [4.78, 5) is 22.9. The molecule has 2 atom stereocenters. The van der Waals surface area contributed by atoms with Gasteiger partial charge in [-0.05, 0) is 24.7 Å². The Labute approximate surface area is 108 Å². The van der Waals surface area contributed by atoms with Crippen LogP contribution in [0.1, 0.15) is 39.5 Å². The first kappa shape index (κ1) is 15.0. The lowest BCUT2D eigenvalue weighted by atomic mass is 9.95. The Bertz CT molecular complexity index is 287. The van der Waals surface area contributed by atoms with Crippen molar-refractivity contribution in [2.24, 2.45) is 11.8 Å². The molecule has 0 aliphatic carbocycles. The first-order valence-electron chi connectivity index (χ1n) is 6.64. The van der Waals surface area contributed by atoms with Crippen molar-refractivity contribution in [3.05, 3.63) is 0 Å². The van der Waals surface area contributed by atoms with Crippen LogP contribution >= 0.6 is 0 Å². The van der Waals surface area contributed by atoms with Gasteiger partial charge in [-0.25, -0.2) is 4.79 Å². The fourth-order valence-electron chi connectivity index (χ4n) is 2.13. The van der Waals surface area contributed by atoms with Gasteiger partial charge >= 0.3 is 5.97 Å². The molecule has 1 fully saturated rings. The average Bonchev–Trinajstić information content (AvgIpc) is 2.36. The summed E-state index contributed by atoms with van der Waals surface area (Å²) in [6.45, 7) is 5.16. The third-order valence-electron chi connectivity index (χ3n) is 3.61. The number of rotatable bonds is 6. The fourth-order valence-corrected chi connectivity index (χ4v) is 2.13. The van der Waals surface area contributed by atoms with Gasteiger partial charge in [0.2, 0.25) is 5.91 Å². The van der Waals surface area contributed by atoms with Gasteiger partial charge in [-0.1, -0.05) is 20.3 Å². The van der Waals surface area contributed by atoms with Crippen molar-refractivity contribution >= 4 is 11.9 Å². The van der Waals surface area contributed by atoms with E-state index in [9.17, 15) is 9.59 Å². The van der Waals surface area contributed by atoms with Gasteiger partial charge in [-0.3, -0.25) is 4.79 Å². The van der Waals surface area contributed by atoms with E-state index < -0.39 is 12.0 Å². The van der Waals surface area contributed by atoms with Crippen molar-refractivity contribution < 1.29 is 19.4 Å². The molecule has 0 saturated carbocycles. The highest BCUT2D eigenvalue weighted by Gasteiger charge is 2.26. The van der Waals surface area contributed by atoms with Crippen LogP contribution in [0.15, 0.2) is 0 Å². The van der Waals surface area contributed by atoms with Crippen LogP contribution in [0.5, 0.6) is 0 Å². The molecule has 1 heterocycles. The first-order chi connectivity index (χ1) is 8.54. The minimum atomic E-state index is -0.954. The lowest BCUT2D eigenvalue weighted by Gasteiger charge is -2.24. The van der Waals surface area contributed by atoms with E-state index in [0.29, 0.717) is 25.6 Å². The van der Waals surface area contributed by atoms with Crippen molar-refractivity contribution in [1.82, 2.24) is 5.32 Å². The molecule has 18 heavy (non-hydrogen) atoms. The largest absolute Gasteiger partial charge is 0.480 e. The van der Waals surface area contributed by atoms with Gasteiger partial charge in [-0.2, -0.15) is 0 Å². The molecule has 1 rings (SSSR count). The molecular formula is C13H23NO4. The predicted molar refractivity (Wildman–Crippen MR) is 67.2 cm³/mol. The van der Waals surface area contributed by atoms with Gasteiger partial charge in [0.15, 0.2) is 0 Å². The second kappa shape index (κ2) is 7.36. The summed E-state index contributed by atoms with van der Waals surface area (Å²) in [7, 11) is 0. The van der Waals surface area contributed by atoms with Gasteiger partial charge in [-0.15, -0.1) is 0 Å². The summed E-state index contributed by atoms with van der Waals surface area (Å²) in [6.07, 6.45) is 2.90. The quantitative estimate of drug-likeness (QED) is 0.754. The summed E-state index contributed by atoms with van der Waals surface area (Å²) in [5.41, 5.74) is 0. The molecule has 104 valence electrons. The lowest BCUT2D eigenvalue weighted by molar-refractivity contribution is -0.143. The second-order valence-corrected chi connectivity index (χ2v) is 5.03. The van der Waals surface area contributed by atoms with Crippen LogP contribution in [0.4, 0.5) is 0 Å². The normalized spacial score (nSPS) is 20.1. The zero-order valence-corrected chi connectivity index (χ0v) is 11.1. The molecule has 0 aromatic carbocycles. The van der Waals surface area contributed by atoms with E-state index in [1.54, 1.807) is 0 Å². The third-order valence-corrected chi connectivity index (χ3v) is 3.61. The van der Waals surface area contributed by atoms with Crippen LogP contribution in [0.2, 0.25) is 0 Å². The molecule has 2 N–H and O–H groups in total. The minimum absolute atomic E-state index is 0.0545. The van der Waals surface area contributed by atoms with E-state index >= 15 is 0 Å². The highest BCUT2D eigenvalue weighted by molar-refractivity contribution is 5.83. The molecule has 1 amide bonds. The van der Waals surface area contributed by atoms with Gasteiger partial charge in [0.25, 0.3) is 0 Å². The molecule has 2 unspecified atom stereocenters. The summed E-state index contributed by atoms with van der Waals surface area (Å²) in [5, 5.41) is 11.7. The number of carbonyl (C=O) groups is 2. The Kier molecular flexibility index (Phi) is 6.12. The number of nitrogens with one attached hydrogen (secondary N) is 1. The molecule has 0 aromatic heterocycles. The number of carboxylic acid groups (broad SMARTS) is 1. The summed E-state index contributed by atoms with van der Waals surface area (Å²) < 4.78 is 5.23. The Morgan fingerprint density at radius 1 is 1.39 bits per heavy atom. The molecule has 1 aliphatic rings. The van der Waals surface area contributed by atoms with Crippen molar-refractivity contribution in [3.8, 4) is 0 Å². The summed E-state index contributed by atoms with van der Waals surface area (Å²) >= 11 is 0.